The minimum atomic E-state index is 0.343. The lowest BCUT2D eigenvalue weighted by Crippen LogP contribution is -2.19. The van der Waals surface area contributed by atoms with E-state index in [9.17, 15) is 0 Å². The van der Waals surface area contributed by atoms with E-state index in [0.29, 0.717) is 6.04 Å². The molecule has 0 heterocycles. The lowest BCUT2D eigenvalue weighted by Gasteiger charge is -2.16. The predicted molar refractivity (Wildman–Crippen MR) is 52.9 cm³/mol. The van der Waals surface area contributed by atoms with Crippen LogP contribution in [-0.4, -0.2) is 17.0 Å². The van der Waals surface area contributed by atoms with E-state index < -0.39 is 0 Å². The Labute approximate surface area is 73.4 Å². The van der Waals surface area contributed by atoms with E-state index in [2.05, 4.69) is 19.1 Å². The molecule has 0 aromatic heterocycles. The molecule has 1 nitrogen and oxygen atoms in total. The number of rotatable bonds is 3. The largest absolute Gasteiger partial charge is 0.327 e. The van der Waals surface area contributed by atoms with Gasteiger partial charge in [0.1, 0.15) is 0 Å². The van der Waals surface area contributed by atoms with Crippen LogP contribution in [0.1, 0.15) is 26.2 Å². The third kappa shape index (κ3) is 3.82. The molecule has 1 aliphatic carbocycles. The van der Waals surface area contributed by atoms with Crippen LogP contribution in [0.5, 0.6) is 0 Å². The highest BCUT2D eigenvalue weighted by atomic mass is 32.2. The quantitative estimate of drug-likeness (QED) is 0.659. The number of thioether (sulfide) groups is 1. The third-order valence-electron chi connectivity index (χ3n) is 1.78. The lowest BCUT2D eigenvalue weighted by molar-refractivity contribution is 0.738. The van der Waals surface area contributed by atoms with E-state index in [-0.39, 0.29) is 0 Å². The van der Waals surface area contributed by atoms with Crippen LogP contribution in [0.15, 0.2) is 12.2 Å². The van der Waals surface area contributed by atoms with Crippen LogP contribution in [0.2, 0.25) is 0 Å². The van der Waals surface area contributed by atoms with Crippen molar-refractivity contribution < 1.29 is 0 Å². The third-order valence-corrected chi connectivity index (χ3v) is 3.32. The van der Waals surface area contributed by atoms with Crippen molar-refractivity contribution in [3.63, 3.8) is 0 Å². The first kappa shape index (κ1) is 9.14. The molecule has 2 heteroatoms. The topological polar surface area (TPSA) is 26.0 Å². The summed E-state index contributed by atoms with van der Waals surface area (Å²) in [7, 11) is 0. The fourth-order valence-electron chi connectivity index (χ4n) is 1.20. The van der Waals surface area contributed by atoms with Gasteiger partial charge < -0.3 is 5.73 Å². The fourth-order valence-corrected chi connectivity index (χ4v) is 2.30. The Morgan fingerprint density at radius 3 is 3.09 bits per heavy atom. The van der Waals surface area contributed by atoms with E-state index in [1.807, 2.05) is 11.8 Å². The SMILES string of the molecule is CC(N)CSC1C=CCCC1. The number of allylic oxidation sites excluding steroid dienone is 1. The maximum atomic E-state index is 5.66. The van der Waals surface area contributed by atoms with Gasteiger partial charge in [0.15, 0.2) is 0 Å². The molecule has 0 aliphatic heterocycles. The lowest BCUT2D eigenvalue weighted by atomic mass is 10.1. The molecular formula is C9H17NS. The minimum Gasteiger partial charge on any atom is -0.327 e. The highest BCUT2D eigenvalue weighted by molar-refractivity contribution is 8.00. The Kier molecular flexibility index (Phi) is 4.02. The molecule has 2 N–H and O–H groups in total. The first-order chi connectivity index (χ1) is 5.29. The molecule has 2 unspecified atom stereocenters. The summed E-state index contributed by atoms with van der Waals surface area (Å²) in [4.78, 5) is 0. The number of hydrogen-bond donors (Lipinski definition) is 1. The summed E-state index contributed by atoms with van der Waals surface area (Å²) in [6.07, 6.45) is 8.59. The molecule has 0 radical (unpaired) electrons. The predicted octanol–water partition coefficient (Wildman–Crippen LogP) is 2.18. The van der Waals surface area contributed by atoms with Gasteiger partial charge in [-0.2, -0.15) is 11.8 Å². The Hall–Kier alpha value is 0.0500. The van der Waals surface area contributed by atoms with Crippen LogP contribution in [0.4, 0.5) is 0 Å². The monoisotopic (exact) mass is 171 g/mol. The standard InChI is InChI=1S/C9H17NS/c1-8(10)7-11-9-5-3-2-4-6-9/h3,5,8-9H,2,4,6-7,10H2,1H3. The van der Waals surface area contributed by atoms with Crippen LogP contribution < -0.4 is 5.73 Å². The molecule has 1 aliphatic rings. The maximum Gasteiger partial charge on any atom is 0.0227 e. The number of nitrogens with two attached hydrogens (primary N) is 1. The molecule has 0 saturated carbocycles. The second-order valence-electron chi connectivity index (χ2n) is 3.21. The van der Waals surface area contributed by atoms with Crippen molar-refractivity contribution in [3.8, 4) is 0 Å². The van der Waals surface area contributed by atoms with Gasteiger partial charge in [0.05, 0.1) is 0 Å². The summed E-state index contributed by atoms with van der Waals surface area (Å²) in [5, 5.41) is 0.745. The number of hydrogen-bond acceptors (Lipinski definition) is 2. The Morgan fingerprint density at radius 1 is 1.73 bits per heavy atom. The van der Waals surface area contributed by atoms with Crippen LogP contribution in [0.3, 0.4) is 0 Å². The zero-order chi connectivity index (χ0) is 8.10. The summed E-state index contributed by atoms with van der Waals surface area (Å²) < 4.78 is 0. The van der Waals surface area contributed by atoms with Crippen LogP contribution in [-0.2, 0) is 0 Å². The van der Waals surface area contributed by atoms with Crippen LogP contribution in [0.25, 0.3) is 0 Å². The van der Waals surface area contributed by atoms with Crippen molar-refractivity contribution in [2.75, 3.05) is 5.75 Å². The van der Waals surface area contributed by atoms with E-state index in [4.69, 9.17) is 5.73 Å². The summed E-state index contributed by atoms with van der Waals surface area (Å²) in [6, 6.07) is 0.343. The summed E-state index contributed by atoms with van der Waals surface area (Å²) in [5.74, 6) is 1.09. The first-order valence-corrected chi connectivity index (χ1v) is 5.38. The van der Waals surface area contributed by atoms with Gasteiger partial charge in [-0.15, -0.1) is 0 Å². The van der Waals surface area contributed by atoms with Crippen molar-refractivity contribution in [2.24, 2.45) is 5.73 Å². The molecule has 64 valence electrons. The molecule has 0 saturated heterocycles. The van der Waals surface area contributed by atoms with Crippen LogP contribution >= 0.6 is 11.8 Å². The first-order valence-electron chi connectivity index (χ1n) is 4.33. The molecule has 0 spiro atoms. The smallest absolute Gasteiger partial charge is 0.0227 e. The summed E-state index contributed by atoms with van der Waals surface area (Å²) in [5.41, 5.74) is 5.66. The normalized spacial score (nSPS) is 26.9. The van der Waals surface area contributed by atoms with Crippen LogP contribution in [0, 0.1) is 0 Å². The molecular weight excluding hydrogens is 154 g/mol. The van der Waals surface area contributed by atoms with Gasteiger partial charge in [0.2, 0.25) is 0 Å². The molecule has 0 fully saturated rings. The van der Waals surface area contributed by atoms with Gasteiger partial charge in [-0.3, -0.25) is 0 Å². The minimum absolute atomic E-state index is 0.343. The Bertz CT molecular complexity index is 132. The molecule has 0 aromatic carbocycles. The molecule has 0 amide bonds. The van der Waals surface area contributed by atoms with Crippen molar-refractivity contribution in [1.82, 2.24) is 0 Å². The molecule has 0 bridgehead atoms. The van der Waals surface area contributed by atoms with Gasteiger partial charge in [0, 0.05) is 17.0 Å². The maximum absolute atomic E-state index is 5.66. The molecule has 11 heavy (non-hydrogen) atoms. The highest BCUT2D eigenvalue weighted by Gasteiger charge is 2.08. The zero-order valence-corrected chi connectivity index (χ0v) is 7.94. The zero-order valence-electron chi connectivity index (χ0n) is 7.12. The second-order valence-corrected chi connectivity index (χ2v) is 4.48. The Balaban J connectivity index is 2.15. The van der Waals surface area contributed by atoms with Gasteiger partial charge in [-0.05, 0) is 26.2 Å². The molecule has 1 rings (SSSR count). The van der Waals surface area contributed by atoms with E-state index in [0.717, 1.165) is 11.0 Å². The van der Waals surface area contributed by atoms with Crippen molar-refractivity contribution in [2.45, 2.75) is 37.5 Å². The van der Waals surface area contributed by atoms with Gasteiger partial charge in [-0.1, -0.05) is 12.2 Å². The second kappa shape index (κ2) is 4.83. The van der Waals surface area contributed by atoms with Gasteiger partial charge in [0.25, 0.3) is 0 Å². The van der Waals surface area contributed by atoms with Crippen molar-refractivity contribution >= 4 is 11.8 Å². The van der Waals surface area contributed by atoms with Crippen molar-refractivity contribution in [1.29, 1.82) is 0 Å². The summed E-state index contributed by atoms with van der Waals surface area (Å²) >= 11 is 1.99. The molecule has 2 atom stereocenters. The fraction of sp³-hybridized carbons (Fsp3) is 0.778. The van der Waals surface area contributed by atoms with Gasteiger partial charge >= 0.3 is 0 Å². The summed E-state index contributed by atoms with van der Waals surface area (Å²) in [6.45, 7) is 2.07. The van der Waals surface area contributed by atoms with Crippen molar-refractivity contribution in [3.05, 3.63) is 12.2 Å². The highest BCUT2D eigenvalue weighted by Crippen LogP contribution is 2.23. The average molecular weight is 171 g/mol. The van der Waals surface area contributed by atoms with E-state index in [1.54, 1.807) is 0 Å². The average Bonchev–Trinajstić information content (AvgIpc) is 2.03. The molecule has 0 aromatic rings. The van der Waals surface area contributed by atoms with E-state index in [1.165, 1.54) is 19.3 Å². The van der Waals surface area contributed by atoms with Gasteiger partial charge in [-0.25, -0.2) is 0 Å². The Morgan fingerprint density at radius 2 is 2.55 bits per heavy atom. The van der Waals surface area contributed by atoms with E-state index >= 15 is 0 Å².